The van der Waals surface area contributed by atoms with Gasteiger partial charge in [-0.15, -0.1) is 0 Å². The maximum absolute atomic E-state index is 13.6. The molecule has 0 fully saturated rings. The first-order valence-corrected chi connectivity index (χ1v) is 11.2. The standard InChI is InChI=1S/C28H26N2O3/c1-17-7-9-19(10-8-17)21-15-25-27(26(32)16-21)28(30-24-6-4-3-5-23(24)29-25)20-11-13-22(14-12-20)33-18(2)31/h3-14,21,28-30H,15-16H2,1-2H3/t21-,28-/m1/s1. The van der Waals surface area contributed by atoms with Crippen molar-refractivity contribution in [1.82, 2.24) is 0 Å². The lowest BCUT2D eigenvalue weighted by Gasteiger charge is -2.30. The fraction of sp³-hybridized carbons (Fsp3) is 0.214. The summed E-state index contributed by atoms with van der Waals surface area (Å²) in [6, 6.07) is 23.6. The summed E-state index contributed by atoms with van der Waals surface area (Å²) in [5.41, 5.74) is 6.98. The molecule has 0 aromatic heterocycles. The number of nitrogens with one attached hydrogen (secondary N) is 2. The molecule has 0 bridgehead atoms. The highest BCUT2D eigenvalue weighted by molar-refractivity contribution is 6.01. The Kier molecular flexibility index (Phi) is 5.47. The van der Waals surface area contributed by atoms with Crippen molar-refractivity contribution >= 4 is 23.1 Å². The molecule has 2 aliphatic rings. The molecule has 1 aliphatic carbocycles. The second-order valence-corrected chi connectivity index (χ2v) is 8.74. The summed E-state index contributed by atoms with van der Waals surface area (Å²) in [7, 11) is 0. The van der Waals surface area contributed by atoms with Crippen LogP contribution in [-0.2, 0) is 9.59 Å². The highest BCUT2D eigenvalue weighted by Crippen LogP contribution is 2.44. The zero-order chi connectivity index (χ0) is 22.9. The Morgan fingerprint density at radius 1 is 0.879 bits per heavy atom. The molecule has 0 saturated heterocycles. The molecule has 1 heterocycles. The van der Waals surface area contributed by atoms with E-state index in [1.807, 2.05) is 36.4 Å². The van der Waals surface area contributed by atoms with Gasteiger partial charge >= 0.3 is 5.97 Å². The number of fused-ring (bicyclic) bond motifs is 1. The molecule has 33 heavy (non-hydrogen) atoms. The Morgan fingerprint density at radius 2 is 1.55 bits per heavy atom. The van der Waals surface area contributed by atoms with Gasteiger partial charge in [0, 0.05) is 24.6 Å². The fourth-order valence-corrected chi connectivity index (χ4v) is 4.71. The number of ketones is 1. The van der Waals surface area contributed by atoms with Gasteiger partial charge in [0.05, 0.1) is 17.4 Å². The van der Waals surface area contributed by atoms with E-state index in [-0.39, 0.29) is 23.7 Å². The molecule has 2 atom stereocenters. The third-order valence-electron chi connectivity index (χ3n) is 6.33. The number of para-hydroxylation sites is 2. The number of carbonyl (C=O) groups is 2. The van der Waals surface area contributed by atoms with Crippen LogP contribution < -0.4 is 15.4 Å². The summed E-state index contributed by atoms with van der Waals surface area (Å²) in [5.74, 6) is 0.412. The summed E-state index contributed by atoms with van der Waals surface area (Å²) in [6.07, 6.45) is 1.24. The molecule has 5 nitrogen and oxygen atoms in total. The summed E-state index contributed by atoms with van der Waals surface area (Å²) >= 11 is 0. The predicted molar refractivity (Wildman–Crippen MR) is 129 cm³/mol. The number of rotatable bonds is 3. The van der Waals surface area contributed by atoms with E-state index in [1.165, 1.54) is 18.1 Å². The van der Waals surface area contributed by atoms with Crippen LogP contribution in [0.3, 0.4) is 0 Å². The van der Waals surface area contributed by atoms with Crippen LogP contribution in [0.25, 0.3) is 0 Å². The van der Waals surface area contributed by atoms with Crippen LogP contribution in [0, 0.1) is 6.92 Å². The minimum absolute atomic E-state index is 0.140. The van der Waals surface area contributed by atoms with E-state index in [9.17, 15) is 9.59 Å². The molecule has 5 heteroatoms. The predicted octanol–water partition coefficient (Wildman–Crippen LogP) is 5.90. The van der Waals surface area contributed by atoms with Gasteiger partial charge in [0.25, 0.3) is 0 Å². The van der Waals surface area contributed by atoms with Crippen LogP contribution in [0.1, 0.15) is 48.4 Å². The lowest BCUT2D eigenvalue weighted by Crippen LogP contribution is -2.26. The van der Waals surface area contributed by atoms with E-state index in [0.717, 1.165) is 34.6 Å². The van der Waals surface area contributed by atoms with Crippen LogP contribution in [0.15, 0.2) is 84.1 Å². The Balaban J connectivity index is 1.55. The Hall–Kier alpha value is -3.86. The smallest absolute Gasteiger partial charge is 0.308 e. The van der Waals surface area contributed by atoms with Gasteiger partial charge < -0.3 is 15.4 Å². The van der Waals surface area contributed by atoms with Crippen molar-refractivity contribution in [2.75, 3.05) is 10.6 Å². The van der Waals surface area contributed by atoms with Crippen LogP contribution in [-0.4, -0.2) is 11.8 Å². The second-order valence-electron chi connectivity index (χ2n) is 8.74. The molecular weight excluding hydrogens is 412 g/mol. The van der Waals surface area contributed by atoms with Crippen LogP contribution in [0.2, 0.25) is 0 Å². The number of Topliss-reactive ketones (excluding diaryl/α,β-unsaturated/α-hetero) is 1. The summed E-state index contributed by atoms with van der Waals surface area (Å²) in [6.45, 7) is 3.45. The lowest BCUT2D eigenvalue weighted by molar-refractivity contribution is -0.131. The molecule has 0 saturated carbocycles. The van der Waals surface area contributed by atoms with E-state index in [4.69, 9.17) is 4.74 Å². The summed E-state index contributed by atoms with van der Waals surface area (Å²) < 4.78 is 5.19. The number of carbonyl (C=O) groups excluding carboxylic acids is 2. The first kappa shape index (κ1) is 21.0. The quantitative estimate of drug-likeness (QED) is 0.394. The van der Waals surface area contributed by atoms with Crippen molar-refractivity contribution in [2.45, 2.75) is 38.6 Å². The fourth-order valence-electron chi connectivity index (χ4n) is 4.71. The SMILES string of the molecule is CC(=O)Oc1ccc([C@H]2Nc3ccccc3NC3=C2C(=O)C[C@H](c2ccc(C)cc2)C3)cc1. The van der Waals surface area contributed by atoms with Gasteiger partial charge in [0.1, 0.15) is 5.75 Å². The largest absolute Gasteiger partial charge is 0.427 e. The van der Waals surface area contributed by atoms with Crippen molar-refractivity contribution in [3.63, 3.8) is 0 Å². The highest BCUT2D eigenvalue weighted by Gasteiger charge is 2.36. The van der Waals surface area contributed by atoms with E-state index < -0.39 is 0 Å². The maximum Gasteiger partial charge on any atom is 0.308 e. The van der Waals surface area contributed by atoms with Crippen molar-refractivity contribution in [1.29, 1.82) is 0 Å². The molecule has 0 amide bonds. The normalized spacial score (nSPS) is 19.5. The monoisotopic (exact) mass is 438 g/mol. The van der Waals surface area contributed by atoms with Gasteiger partial charge in [-0.1, -0.05) is 54.1 Å². The van der Waals surface area contributed by atoms with Gasteiger partial charge in [-0.25, -0.2) is 0 Å². The van der Waals surface area contributed by atoms with Crippen LogP contribution in [0.5, 0.6) is 5.75 Å². The topological polar surface area (TPSA) is 67.4 Å². The molecule has 2 N–H and O–H groups in total. The lowest BCUT2D eigenvalue weighted by atomic mass is 9.78. The average Bonchev–Trinajstić information content (AvgIpc) is 2.96. The van der Waals surface area contributed by atoms with Crippen molar-refractivity contribution < 1.29 is 14.3 Å². The van der Waals surface area contributed by atoms with Crippen LogP contribution >= 0.6 is 0 Å². The molecule has 5 rings (SSSR count). The summed E-state index contributed by atoms with van der Waals surface area (Å²) in [4.78, 5) is 24.9. The zero-order valence-electron chi connectivity index (χ0n) is 18.7. The molecule has 0 radical (unpaired) electrons. The van der Waals surface area contributed by atoms with Gasteiger partial charge in [0.15, 0.2) is 5.78 Å². The third kappa shape index (κ3) is 4.27. The minimum Gasteiger partial charge on any atom is -0.427 e. The minimum atomic E-state index is -0.358. The van der Waals surface area contributed by atoms with E-state index in [0.29, 0.717) is 12.2 Å². The molecule has 3 aromatic carbocycles. The average molecular weight is 439 g/mol. The molecule has 0 unspecified atom stereocenters. The van der Waals surface area contributed by atoms with Gasteiger partial charge in [-0.05, 0) is 54.7 Å². The number of benzene rings is 3. The van der Waals surface area contributed by atoms with Crippen molar-refractivity contribution in [2.24, 2.45) is 0 Å². The van der Waals surface area contributed by atoms with Crippen molar-refractivity contribution in [3.05, 3.63) is 101 Å². The van der Waals surface area contributed by atoms with Gasteiger partial charge in [-0.3, -0.25) is 9.59 Å². The van der Waals surface area contributed by atoms with E-state index >= 15 is 0 Å². The van der Waals surface area contributed by atoms with Crippen LogP contribution in [0.4, 0.5) is 11.4 Å². The Morgan fingerprint density at radius 3 is 2.24 bits per heavy atom. The second kappa shape index (κ2) is 8.58. The number of ether oxygens (including phenoxy) is 1. The highest BCUT2D eigenvalue weighted by atomic mass is 16.5. The Labute approximate surface area is 193 Å². The molecule has 1 aliphatic heterocycles. The number of allylic oxidation sites excluding steroid dienone is 1. The molecule has 3 aromatic rings. The number of hydrogen-bond acceptors (Lipinski definition) is 5. The third-order valence-corrected chi connectivity index (χ3v) is 6.33. The first-order chi connectivity index (χ1) is 16.0. The summed E-state index contributed by atoms with van der Waals surface area (Å²) in [5, 5.41) is 7.15. The number of hydrogen-bond donors (Lipinski definition) is 2. The van der Waals surface area contributed by atoms with Gasteiger partial charge in [-0.2, -0.15) is 0 Å². The van der Waals surface area contributed by atoms with Gasteiger partial charge in [0.2, 0.25) is 0 Å². The molecular formula is C28H26N2O3. The molecule has 166 valence electrons. The number of aryl methyl sites for hydroxylation is 1. The zero-order valence-corrected chi connectivity index (χ0v) is 18.7. The number of anilines is 2. The Bertz CT molecular complexity index is 1240. The van der Waals surface area contributed by atoms with E-state index in [1.54, 1.807) is 12.1 Å². The first-order valence-electron chi connectivity index (χ1n) is 11.2. The molecule has 0 spiro atoms. The van der Waals surface area contributed by atoms with Crippen molar-refractivity contribution in [3.8, 4) is 5.75 Å². The van der Waals surface area contributed by atoms with E-state index in [2.05, 4.69) is 41.8 Å². The number of esters is 1. The maximum atomic E-state index is 13.6.